The van der Waals surface area contributed by atoms with Crippen LogP contribution in [0.25, 0.3) is 10.9 Å². The molecule has 0 fully saturated rings. The van der Waals surface area contributed by atoms with E-state index in [1.165, 1.54) is 11.9 Å². The Morgan fingerprint density at radius 1 is 1.00 bits per heavy atom. The van der Waals surface area contributed by atoms with Gasteiger partial charge in [-0.2, -0.15) is 0 Å². The van der Waals surface area contributed by atoms with Crippen molar-refractivity contribution in [2.24, 2.45) is 0 Å². The minimum Gasteiger partial charge on any atom is -0.256 e. The smallest absolute Gasteiger partial charge is 0.135 e. The number of aromatic nitrogens is 3. The molecule has 0 saturated heterocycles. The van der Waals surface area contributed by atoms with Crippen LogP contribution in [0.15, 0.2) is 49.1 Å². The van der Waals surface area contributed by atoms with Gasteiger partial charge in [0.25, 0.3) is 0 Å². The van der Waals surface area contributed by atoms with Gasteiger partial charge in [-0.05, 0) is 17.7 Å². The van der Waals surface area contributed by atoms with Crippen LogP contribution in [-0.4, -0.2) is 15.0 Å². The maximum atomic E-state index is 6.06. The summed E-state index contributed by atoms with van der Waals surface area (Å²) in [6.07, 6.45) is 5.74. The standard InChI is InChI=1S/C14H10ClN3/c15-14-11(8-16-9-18-14)7-10-5-6-17-13-4-2-1-3-12(10)13/h1-6,8-9H,7H2. The fraction of sp³-hybridized carbons (Fsp3) is 0.0714. The molecule has 0 radical (unpaired) electrons. The maximum absolute atomic E-state index is 6.06. The number of halogens is 1. The van der Waals surface area contributed by atoms with E-state index in [2.05, 4.69) is 21.0 Å². The molecule has 0 aliphatic carbocycles. The Morgan fingerprint density at radius 2 is 1.89 bits per heavy atom. The SMILES string of the molecule is Clc1ncncc1Cc1ccnc2ccccc12. The molecule has 4 heteroatoms. The fourth-order valence-corrected chi connectivity index (χ4v) is 2.14. The van der Waals surface area contributed by atoms with Gasteiger partial charge in [-0.15, -0.1) is 0 Å². The summed E-state index contributed by atoms with van der Waals surface area (Å²) < 4.78 is 0. The summed E-state index contributed by atoms with van der Waals surface area (Å²) in [5.41, 5.74) is 3.09. The van der Waals surface area contributed by atoms with Gasteiger partial charge in [-0.25, -0.2) is 9.97 Å². The van der Waals surface area contributed by atoms with Crippen LogP contribution in [-0.2, 0) is 6.42 Å². The quantitative estimate of drug-likeness (QED) is 0.660. The van der Waals surface area contributed by atoms with E-state index in [4.69, 9.17) is 11.6 Å². The van der Waals surface area contributed by atoms with Gasteiger partial charge in [-0.3, -0.25) is 4.98 Å². The Morgan fingerprint density at radius 3 is 2.78 bits per heavy atom. The molecule has 0 spiro atoms. The van der Waals surface area contributed by atoms with Crippen molar-refractivity contribution in [1.29, 1.82) is 0 Å². The van der Waals surface area contributed by atoms with E-state index in [9.17, 15) is 0 Å². The van der Waals surface area contributed by atoms with Crippen molar-refractivity contribution >= 4 is 22.5 Å². The van der Waals surface area contributed by atoms with Crippen LogP contribution in [0.3, 0.4) is 0 Å². The van der Waals surface area contributed by atoms with E-state index >= 15 is 0 Å². The van der Waals surface area contributed by atoms with Gasteiger partial charge in [-0.1, -0.05) is 29.8 Å². The molecule has 18 heavy (non-hydrogen) atoms. The molecule has 0 bridgehead atoms. The van der Waals surface area contributed by atoms with Gasteiger partial charge in [0, 0.05) is 29.8 Å². The van der Waals surface area contributed by atoms with Gasteiger partial charge in [0.1, 0.15) is 11.5 Å². The van der Waals surface area contributed by atoms with Crippen LogP contribution >= 0.6 is 11.6 Å². The summed E-state index contributed by atoms with van der Waals surface area (Å²) in [7, 11) is 0. The van der Waals surface area contributed by atoms with Crippen molar-refractivity contribution in [1.82, 2.24) is 15.0 Å². The number of benzene rings is 1. The number of fused-ring (bicyclic) bond motifs is 1. The fourth-order valence-electron chi connectivity index (χ4n) is 1.98. The van der Waals surface area contributed by atoms with E-state index in [-0.39, 0.29) is 0 Å². The summed E-state index contributed by atoms with van der Waals surface area (Å²) in [5.74, 6) is 0. The topological polar surface area (TPSA) is 38.7 Å². The summed E-state index contributed by atoms with van der Waals surface area (Å²) in [6.45, 7) is 0. The zero-order valence-electron chi connectivity index (χ0n) is 9.55. The highest BCUT2D eigenvalue weighted by Crippen LogP contribution is 2.21. The molecule has 0 unspecified atom stereocenters. The Balaban J connectivity index is 2.08. The molecule has 3 nitrogen and oxygen atoms in total. The third-order valence-electron chi connectivity index (χ3n) is 2.85. The number of pyridine rings is 1. The first-order valence-corrected chi connectivity index (χ1v) is 5.99. The molecule has 0 aliphatic heterocycles. The zero-order chi connectivity index (χ0) is 12.4. The van der Waals surface area contributed by atoms with E-state index in [0.717, 1.165) is 16.5 Å². The van der Waals surface area contributed by atoms with Crippen LogP contribution in [0, 0.1) is 0 Å². The largest absolute Gasteiger partial charge is 0.256 e. The first-order valence-electron chi connectivity index (χ1n) is 5.61. The highest BCUT2D eigenvalue weighted by atomic mass is 35.5. The lowest BCUT2D eigenvalue weighted by atomic mass is 10.0. The summed E-state index contributed by atoms with van der Waals surface area (Å²) in [6, 6.07) is 10.1. The predicted molar refractivity (Wildman–Crippen MR) is 71.6 cm³/mol. The molecule has 3 aromatic rings. The van der Waals surface area contributed by atoms with Gasteiger partial charge >= 0.3 is 0 Å². The van der Waals surface area contributed by atoms with Crippen molar-refractivity contribution in [3.8, 4) is 0 Å². The molecular formula is C14H10ClN3. The molecule has 2 heterocycles. The Hall–Kier alpha value is -2.00. The van der Waals surface area contributed by atoms with Crippen molar-refractivity contribution in [3.63, 3.8) is 0 Å². The Kier molecular flexibility index (Phi) is 2.90. The maximum Gasteiger partial charge on any atom is 0.135 e. The van der Waals surface area contributed by atoms with Crippen LogP contribution in [0.2, 0.25) is 5.15 Å². The second-order valence-corrected chi connectivity index (χ2v) is 4.36. The Bertz CT molecular complexity index is 692. The molecule has 0 aliphatic rings. The Labute approximate surface area is 109 Å². The van der Waals surface area contributed by atoms with Crippen LogP contribution < -0.4 is 0 Å². The summed E-state index contributed by atoms with van der Waals surface area (Å²) in [4.78, 5) is 12.3. The average Bonchev–Trinajstić information content (AvgIpc) is 2.42. The van der Waals surface area contributed by atoms with Crippen LogP contribution in [0.4, 0.5) is 0 Å². The third-order valence-corrected chi connectivity index (χ3v) is 3.19. The van der Waals surface area contributed by atoms with E-state index in [0.29, 0.717) is 11.6 Å². The zero-order valence-corrected chi connectivity index (χ0v) is 10.3. The normalized spacial score (nSPS) is 10.7. The highest BCUT2D eigenvalue weighted by Gasteiger charge is 2.06. The van der Waals surface area contributed by atoms with E-state index < -0.39 is 0 Å². The lowest BCUT2D eigenvalue weighted by Crippen LogP contribution is -1.94. The van der Waals surface area contributed by atoms with Crippen molar-refractivity contribution in [2.45, 2.75) is 6.42 Å². The number of hydrogen-bond donors (Lipinski definition) is 0. The van der Waals surface area contributed by atoms with Crippen molar-refractivity contribution in [3.05, 3.63) is 65.3 Å². The van der Waals surface area contributed by atoms with Gasteiger partial charge < -0.3 is 0 Å². The summed E-state index contributed by atoms with van der Waals surface area (Å²) in [5, 5.41) is 1.64. The molecule has 0 amide bonds. The predicted octanol–water partition coefficient (Wildman–Crippen LogP) is 3.27. The monoisotopic (exact) mass is 255 g/mol. The van der Waals surface area contributed by atoms with Crippen molar-refractivity contribution < 1.29 is 0 Å². The van der Waals surface area contributed by atoms with Gasteiger partial charge in [0.05, 0.1) is 5.52 Å². The summed E-state index contributed by atoms with van der Waals surface area (Å²) >= 11 is 6.06. The average molecular weight is 256 g/mol. The molecule has 2 aromatic heterocycles. The minimum atomic E-state index is 0.505. The third kappa shape index (κ3) is 2.05. The van der Waals surface area contributed by atoms with Crippen LogP contribution in [0.5, 0.6) is 0 Å². The molecule has 0 atom stereocenters. The lowest BCUT2D eigenvalue weighted by molar-refractivity contribution is 1.07. The lowest BCUT2D eigenvalue weighted by Gasteiger charge is -2.06. The minimum absolute atomic E-state index is 0.505. The molecule has 3 rings (SSSR count). The van der Waals surface area contributed by atoms with E-state index in [1.54, 1.807) is 6.20 Å². The number of hydrogen-bond acceptors (Lipinski definition) is 3. The second-order valence-electron chi connectivity index (χ2n) is 4.00. The molecule has 0 N–H and O–H groups in total. The molecule has 88 valence electrons. The number of para-hydroxylation sites is 1. The van der Waals surface area contributed by atoms with Crippen molar-refractivity contribution in [2.75, 3.05) is 0 Å². The molecular weight excluding hydrogens is 246 g/mol. The van der Waals surface area contributed by atoms with Gasteiger partial charge in [0.2, 0.25) is 0 Å². The number of nitrogens with zero attached hydrogens (tertiary/aromatic N) is 3. The second kappa shape index (κ2) is 4.70. The highest BCUT2D eigenvalue weighted by molar-refractivity contribution is 6.30. The van der Waals surface area contributed by atoms with Gasteiger partial charge in [0.15, 0.2) is 0 Å². The first-order chi connectivity index (χ1) is 8.84. The number of rotatable bonds is 2. The van der Waals surface area contributed by atoms with E-state index in [1.807, 2.05) is 30.5 Å². The van der Waals surface area contributed by atoms with Crippen LogP contribution in [0.1, 0.15) is 11.1 Å². The molecule has 1 aromatic carbocycles. The first kappa shape index (κ1) is 11.1. The molecule has 0 saturated carbocycles.